The zero-order chi connectivity index (χ0) is 21.7. The van der Waals surface area contributed by atoms with Crippen LogP contribution in [0, 0.1) is 5.92 Å². The van der Waals surface area contributed by atoms with Crippen molar-refractivity contribution in [3.63, 3.8) is 0 Å². The van der Waals surface area contributed by atoms with Gasteiger partial charge in [0.2, 0.25) is 0 Å². The molecule has 0 bridgehead atoms. The highest BCUT2D eigenvalue weighted by Gasteiger charge is 2.21. The van der Waals surface area contributed by atoms with Crippen molar-refractivity contribution in [2.75, 3.05) is 0 Å². The van der Waals surface area contributed by atoms with E-state index in [0.717, 1.165) is 30.4 Å². The number of aryl methyl sites for hydroxylation is 2. The summed E-state index contributed by atoms with van der Waals surface area (Å²) in [5.41, 5.74) is 5.21. The van der Waals surface area contributed by atoms with E-state index in [2.05, 4.69) is 65.7 Å². The van der Waals surface area contributed by atoms with Crippen molar-refractivity contribution in [1.82, 2.24) is 0 Å². The van der Waals surface area contributed by atoms with Crippen LogP contribution in [0.25, 0.3) is 0 Å². The predicted molar refractivity (Wildman–Crippen MR) is 138 cm³/mol. The molecule has 1 aliphatic rings. The minimum atomic E-state index is 0.782. The van der Waals surface area contributed by atoms with Gasteiger partial charge in [0.15, 0.2) is 0 Å². The number of thiocarbonyl (C=S) groups is 1. The second kappa shape index (κ2) is 13.6. The molecule has 2 aromatic carbocycles. The van der Waals surface area contributed by atoms with Crippen LogP contribution in [0.5, 0.6) is 0 Å². The van der Waals surface area contributed by atoms with E-state index >= 15 is 0 Å². The molecule has 2 aromatic rings. The molecule has 166 valence electrons. The molecule has 0 unspecified atom stereocenters. The minimum absolute atomic E-state index is 0.782. The number of isothiocyanates is 1. The molecular weight excluding hydrogens is 394 g/mol. The molecule has 0 aromatic heterocycles. The molecule has 1 aliphatic carbocycles. The Morgan fingerprint density at radius 1 is 0.774 bits per heavy atom. The molecule has 0 heterocycles. The summed E-state index contributed by atoms with van der Waals surface area (Å²) in [6.07, 6.45) is 17.8. The van der Waals surface area contributed by atoms with Gasteiger partial charge in [0.1, 0.15) is 0 Å². The molecule has 1 saturated carbocycles. The van der Waals surface area contributed by atoms with Crippen molar-refractivity contribution in [3.05, 3.63) is 65.2 Å². The molecular formula is C29H39NS. The van der Waals surface area contributed by atoms with Crippen molar-refractivity contribution in [3.8, 4) is 0 Å². The largest absolute Gasteiger partial charge is 0.195 e. The van der Waals surface area contributed by atoms with E-state index in [1.54, 1.807) is 5.56 Å². The van der Waals surface area contributed by atoms with Crippen molar-refractivity contribution in [2.45, 2.75) is 96.3 Å². The standard InChI is InChI=1S/C29H39NS/c1-2-3-4-5-6-7-8-24-11-17-27(18-12-24)28-19-13-25(14-20-28)9-10-26-15-21-29(22-16-26)30-23-31/h13-16,19-22,24,27H,2-12,17-18H2,1H3/t24-,27-. The highest BCUT2D eigenvalue weighted by Crippen LogP contribution is 2.37. The molecule has 0 amide bonds. The SMILES string of the molecule is CCCCCCCC[C@H]1CC[C@H](c2ccc(CCc3ccc(N=C=S)cc3)cc2)CC1. The Kier molecular flexibility index (Phi) is 10.5. The van der Waals surface area contributed by atoms with Crippen LogP contribution in [0.3, 0.4) is 0 Å². The monoisotopic (exact) mass is 433 g/mol. The Bertz CT molecular complexity index is 794. The molecule has 0 saturated heterocycles. The first-order chi connectivity index (χ1) is 15.3. The van der Waals surface area contributed by atoms with Gasteiger partial charge in [-0.05, 0) is 91.4 Å². The van der Waals surface area contributed by atoms with Gasteiger partial charge in [-0.1, -0.05) is 88.3 Å². The molecule has 0 aliphatic heterocycles. The summed E-state index contributed by atoms with van der Waals surface area (Å²) < 4.78 is 0. The lowest BCUT2D eigenvalue weighted by Gasteiger charge is -2.29. The Hall–Kier alpha value is -1.76. The van der Waals surface area contributed by atoms with Crippen molar-refractivity contribution in [1.29, 1.82) is 0 Å². The van der Waals surface area contributed by atoms with Crippen LogP contribution >= 0.6 is 12.2 Å². The van der Waals surface area contributed by atoms with E-state index in [4.69, 9.17) is 0 Å². The lowest BCUT2D eigenvalue weighted by Crippen LogP contribution is -2.13. The zero-order valence-electron chi connectivity index (χ0n) is 19.3. The van der Waals surface area contributed by atoms with E-state index in [1.807, 2.05) is 12.1 Å². The Labute approximate surface area is 195 Å². The molecule has 0 spiro atoms. The van der Waals surface area contributed by atoms with Crippen LogP contribution < -0.4 is 0 Å². The molecule has 3 rings (SSSR count). The summed E-state index contributed by atoms with van der Waals surface area (Å²) in [6, 6.07) is 17.8. The van der Waals surface area contributed by atoms with Crippen LogP contribution in [0.4, 0.5) is 5.69 Å². The van der Waals surface area contributed by atoms with Gasteiger partial charge in [-0.25, -0.2) is 0 Å². The highest BCUT2D eigenvalue weighted by molar-refractivity contribution is 7.78. The number of rotatable bonds is 12. The average molecular weight is 434 g/mol. The van der Waals surface area contributed by atoms with Gasteiger partial charge in [0.25, 0.3) is 0 Å². The van der Waals surface area contributed by atoms with Crippen LogP contribution in [0.1, 0.15) is 100 Å². The zero-order valence-corrected chi connectivity index (χ0v) is 20.1. The number of unbranched alkanes of at least 4 members (excludes halogenated alkanes) is 5. The summed E-state index contributed by atoms with van der Waals surface area (Å²) in [4.78, 5) is 4.02. The highest BCUT2D eigenvalue weighted by atomic mass is 32.1. The first-order valence-corrected chi connectivity index (χ1v) is 12.9. The fourth-order valence-electron chi connectivity index (χ4n) is 5.03. The Morgan fingerprint density at radius 3 is 1.97 bits per heavy atom. The predicted octanol–water partition coefficient (Wildman–Crippen LogP) is 9.23. The molecule has 1 nitrogen and oxygen atoms in total. The fourth-order valence-corrected chi connectivity index (χ4v) is 5.14. The van der Waals surface area contributed by atoms with Crippen molar-refractivity contribution >= 4 is 23.1 Å². The summed E-state index contributed by atoms with van der Waals surface area (Å²) in [5, 5.41) is 2.42. The lowest BCUT2D eigenvalue weighted by atomic mass is 9.77. The molecule has 2 heteroatoms. The first kappa shape index (κ1) is 23.9. The van der Waals surface area contributed by atoms with Crippen molar-refractivity contribution < 1.29 is 0 Å². The van der Waals surface area contributed by atoms with Gasteiger partial charge in [0, 0.05) is 0 Å². The average Bonchev–Trinajstić information content (AvgIpc) is 2.82. The molecule has 0 radical (unpaired) electrons. The summed E-state index contributed by atoms with van der Waals surface area (Å²) in [5.74, 6) is 1.77. The number of benzene rings is 2. The molecule has 0 atom stereocenters. The van der Waals surface area contributed by atoms with Crippen molar-refractivity contribution in [2.24, 2.45) is 10.9 Å². The third-order valence-electron chi connectivity index (χ3n) is 7.08. The smallest absolute Gasteiger partial charge is 0.0739 e. The third-order valence-corrected chi connectivity index (χ3v) is 7.17. The maximum absolute atomic E-state index is 4.66. The molecule has 0 N–H and O–H groups in total. The second-order valence-corrected chi connectivity index (χ2v) is 9.57. The van der Waals surface area contributed by atoms with E-state index in [0.29, 0.717) is 0 Å². The van der Waals surface area contributed by atoms with E-state index in [1.165, 1.54) is 81.8 Å². The first-order valence-electron chi connectivity index (χ1n) is 12.5. The van der Waals surface area contributed by atoms with Crippen LogP contribution in [-0.4, -0.2) is 5.16 Å². The lowest BCUT2D eigenvalue weighted by molar-refractivity contribution is 0.302. The number of hydrogen-bond acceptors (Lipinski definition) is 2. The maximum Gasteiger partial charge on any atom is 0.0739 e. The molecule has 1 fully saturated rings. The number of hydrogen-bond donors (Lipinski definition) is 0. The summed E-state index contributed by atoms with van der Waals surface area (Å²) in [7, 11) is 0. The van der Waals surface area contributed by atoms with E-state index < -0.39 is 0 Å². The topological polar surface area (TPSA) is 12.4 Å². The summed E-state index contributed by atoms with van der Waals surface area (Å²) in [6.45, 7) is 2.30. The number of nitrogens with zero attached hydrogens (tertiary/aromatic N) is 1. The van der Waals surface area contributed by atoms with E-state index in [9.17, 15) is 0 Å². The fraction of sp³-hybridized carbons (Fsp3) is 0.552. The van der Waals surface area contributed by atoms with Gasteiger partial charge in [0.05, 0.1) is 10.8 Å². The Morgan fingerprint density at radius 2 is 1.35 bits per heavy atom. The van der Waals surface area contributed by atoms with Gasteiger partial charge < -0.3 is 0 Å². The Balaban J connectivity index is 1.37. The van der Waals surface area contributed by atoms with Crippen LogP contribution in [0.2, 0.25) is 0 Å². The normalized spacial score (nSPS) is 18.5. The second-order valence-electron chi connectivity index (χ2n) is 9.39. The van der Waals surface area contributed by atoms with Crippen LogP contribution in [0.15, 0.2) is 53.5 Å². The quantitative estimate of drug-likeness (QED) is 0.184. The van der Waals surface area contributed by atoms with Crippen LogP contribution in [-0.2, 0) is 12.8 Å². The third kappa shape index (κ3) is 8.36. The maximum atomic E-state index is 4.66. The summed E-state index contributed by atoms with van der Waals surface area (Å²) >= 11 is 4.66. The van der Waals surface area contributed by atoms with Gasteiger partial charge >= 0.3 is 0 Å². The van der Waals surface area contributed by atoms with Gasteiger partial charge in [-0.15, -0.1) is 0 Å². The van der Waals surface area contributed by atoms with E-state index in [-0.39, 0.29) is 0 Å². The number of aliphatic imine (C=N–C) groups is 1. The molecule has 31 heavy (non-hydrogen) atoms. The van der Waals surface area contributed by atoms with Gasteiger partial charge in [-0.2, -0.15) is 4.99 Å². The van der Waals surface area contributed by atoms with Gasteiger partial charge in [-0.3, -0.25) is 0 Å². The minimum Gasteiger partial charge on any atom is -0.195 e.